The lowest BCUT2D eigenvalue weighted by atomic mass is 10.2. The van der Waals surface area contributed by atoms with Crippen molar-refractivity contribution in [3.63, 3.8) is 0 Å². The monoisotopic (exact) mass is 261 g/mol. The van der Waals surface area contributed by atoms with Crippen molar-refractivity contribution >= 4 is 29.3 Å². The predicted molar refractivity (Wildman–Crippen MR) is 66.6 cm³/mol. The molecule has 0 aliphatic heterocycles. The Morgan fingerprint density at radius 1 is 1.29 bits per heavy atom. The van der Waals surface area contributed by atoms with Crippen LogP contribution in [0.1, 0.15) is 33.6 Å². The zero-order valence-corrected chi connectivity index (χ0v) is 11.3. The zero-order valence-electron chi connectivity index (χ0n) is 10.4. The van der Waals surface area contributed by atoms with E-state index in [2.05, 4.69) is 5.32 Å². The van der Waals surface area contributed by atoms with Gasteiger partial charge in [0, 0.05) is 18.7 Å². The molecule has 6 heteroatoms. The van der Waals surface area contributed by atoms with Crippen molar-refractivity contribution in [3.05, 3.63) is 0 Å². The van der Waals surface area contributed by atoms with E-state index >= 15 is 0 Å². The Balaban J connectivity index is 3.63. The van der Waals surface area contributed by atoms with Gasteiger partial charge in [-0.2, -0.15) is 0 Å². The molecule has 0 saturated carbocycles. The number of carbonyl (C=O) groups is 3. The van der Waals surface area contributed by atoms with E-state index in [1.165, 1.54) is 0 Å². The Hall–Kier alpha value is -1.04. The minimum Gasteiger partial charge on any atom is -0.460 e. The molecule has 0 radical (unpaired) electrons. The Bertz CT molecular complexity index is 273. The molecule has 0 atom stereocenters. The van der Waals surface area contributed by atoms with Crippen molar-refractivity contribution in [3.8, 4) is 0 Å². The van der Waals surface area contributed by atoms with Crippen molar-refractivity contribution in [2.45, 2.75) is 39.2 Å². The summed E-state index contributed by atoms with van der Waals surface area (Å²) in [6.45, 7) is 5.80. The Kier molecular flexibility index (Phi) is 7.61. The molecule has 0 bridgehead atoms. The van der Waals surface area contributed by atoms with Crippen LogP contribution in [0.25, 0.3) is 0 Å². The molecule has 0 rings (SSSR count). The van der Waals surface area contributed by atoms with Crippen molar-refractivity contribution in [2.24, 2.45) is 0 Å². The van der Waals surface area contributed by atoms with Crippen LogP contribution in [0.4, 0.5) is 0 Å². The second-order valence-electron chi connectivity index (χ2n) is 4.38. The molecule has 98 valence electrons. The summed E-state index contributed by atoms with van der Waals surface area (Å²) in [6.07, 6.45) is 0.858. The molecular weight excluding hydrogens is 242 g/mol. The Morgan fingerprint density at radius 3 is 2.47 bits per heavy atom. The number of amides is 1. The highest BCUT2D eigenvalue weighted by molar-refractivity contribution is 8.13. The van der Waals surface area contributed by atoms with Gasteiger partial charge in [0.1, 0.15) is 5.60 Å². The quantitative estimate of drug-likeness (QED) is 0.422. The van der Waals surface area contributed by atoms with Gasteiger partial charge in [0.25, 0.3) is 0 Å². The van der Waals surface area contributed by atoms with E-state index in [0.29, 0.717) is 18.7 Å². The highest BCUT2D eigenvalue weighted by Gasteiger charge is 2.16. The molecule has 0 fully saturated rings. The fourth-order valence-electron chi connectivity index (χ4n) is 0.952. The highest BCUT2D eigenvalue weighted by atomic mass is 32.2. The van der Waals surface area contributed by atoms with Crippen LogP contribution < -0.4 is 5.32 Å². The molecule has 1 N–H and O–H groups in total. The lowest BCUT2D eigenvalue weighted by Gasteiger charge is -2.19. The number of esters is 1. The van der Waals surface area contributed by atoms with Crippen molar-refractivity contribution in [1.29, 1.82) is 0 Å². The van der Waals surface area contributed by atoms with Crippen LogP contribution in [0.15, 0.2) is 0 Å². The molecule has 0 aromatic heterocycles. The summed E-state index contributed by atoms with van der Waals surface area (Å²) in [5.74, 6) is 0.156. The van der Waals surface area contributed by atoms with Gasteiger partial charge in [-0.3, -0.25) is 14.4 Å². The van der Waals surface area contributed by atoms with E-state index in [1.54, 1.807) is 20.8 Å². The van der Waals surface area contributed by atoms with Crippen LogP contribution in [0.2, 0.25) is 0 Å². The Morgan fingerprint density at radius 2 is 1.94 bits per heavy atom. The molecule has 0 unspecified atom stereocenters. The van der Waals surface area contributed by atoms with Crippen molar-refractivity contribution in [2.75, 3.05) is 12.3 Å². The maximum Gasteiger partial charge on any atom is 0.306 e. The van der Waals surface area contributed by atoms with Gasteiger partial charge in [0.2, 0.25) is 6.41 Å². The average Bonchev–Trinajstić information content (AvgIpc) is 2.19. The van der Waals surface area contributed by atoms with Gasteiger partial charge in [-0.1, -0.05) is 11.8 Å². The summed E-state index contributed by atoms with van der Waals surface area (Å²) in [6, 6.07) is 0. The first-order chi connectivity index (χ1) is 7.85. The fourth-order valence-corrected chi connectivity index (χ4v) is 1.65. The van der Waals surface area contributed by atoms with E-state index in [4.69, 9.17) is 4.74 Å². The van der Waals surface area contributed by atoms with Gasteiger partial charge in [-0.05, 0) is 20.8 Å². The molecule has 5 nitrogen and oxygen atoms in total. The number of rotatable bonds is 7. The molecule has 0 aromatic carbocycles. The molecule has 17 heavy (non-hydrogen) atoms. The second-order valence-corrected chi connectivity index (χ2v) is 5.53. The smallest absolute Gasteiger partial charge is 0.306 e. The number of hydrogen-bond acceptors (Lipinski definition) is 5. The molecule has 1 amide bonds. The number of thioether (sulfide) groups is 1. The van der Waals surface area contributed by atoms with Gasteiger partial charge in [0.05, 0.1) is 6.42 Å². The van der Waals surface area contributed by atoms with E-state index < -0.39 is 5.60 Å². The summed E-state index contributed by atoms with van der Waals surface area (Å²) in [5.41, 5.74) is -0.513. The molecule has 0 saturated heterocycles. The van der Waals surface area contributed by atoms with Crippen molar-refractivity contribution in [1.82, 2.24) is 5.32 Å². The number of ether oxygens (including phenoxy) is 1. The van der Waals surface area contributed by atoms with E-state index in [0.717, 1.165) is 11.8 Å². The van der Waals surface area contributed by atoms with E-state index in [9.17, 15) is 14.4 Å². The third-order valence-electron chi connectivity index (χ3n) is 1.55. The first-order valence-corrected chi connectivity index (χ1v) is 6.38. The topological polar surface area (TPSA) is 72.5 Å². The first kappa shape index (κ1) is 16.0. The van der Waals surface area contributed by atoms with Crippen molar-refractivity contribution < 1.29 is 19.1 Å². The summed E-state index contributed by atoms with van der Waals surface area (Å²) >= 11 is 1.11. The largest absolute Gasteiger partial charge is 0.460 e. The van der Waals surface area contributed by atoms with Crippen LogP contribution in [0.5, 0.6) is 0 Å². The van der Waals surface area contributed by atoms with Gasteiger partial charge in [-0.25, -0.2) is 0 Å². The summed E-state index contributed by atoms with van der Waals surface area (Å²) in [7, 11) is 0. The SMILES string of the molecule is CC(C)(C)OC(=O)CCC(=O)SCCNC=O. The standard InChI is InChI=1S/C11H19NO4S/c1-11(2,3)16-9(14)4-5-10(15)17-7-6-12-8-13/h8H,4-7H2,1-3H3,(H,12,13). The molecule has 0 aliphatic carbocycles. The minimum absolute atomic E-state index is 0.0661. The Labute approximate surface area is 106 Å². The molecule has 0 aromatic rings. The fraction of sp³-hybridized carbons (Fsp3) is 0.727. The normalized spacial score (nSPS) is 10.8. The summed E-state index contributed by atoms with van der Waals surface area (Å²) < 4.78 is 5.07. The average molecular weight is 261 g/mol. The van der Waals surface area contributed by atoms with Gasteiger partial charge < -0.3 is 10.1 Å². The maximum atomic E-state index is 11.3. The molecule has 0 spiro atoms. The molecule has 0 heterocycles. The van der Waals surface area contributed by atoms with Gasteiger partial charge in [-0.15, -0.1) is 0 Å². The number of nitrogens with one attached hydrogen (secondary N) is 1. The van der Waals surface area contributed by atoms with Gasteiger partial charge in [0.15, 0.2) is 5.12 Å². The van der Waals surface area contributed by atoms with E-state index in [1.807, 2.05) is 0 Å². The van der Waals surface area contributed by atoms with Gasteiger partial charge >= 0.3 is 5.97 Å². The predicted octanol–water partition coefficient (Wildman–Crippen LogP) is 1.11. The van der Waals surface area contributed by atoms with Crippen LogP contribution in [0, 0.1) is 0 Å². The summed E-state index contributed by atoms with van der Waals surface area (Å²) in [5, 5.41) is 2.39. The lowest BCUT2D eigenvalue weighted by Crippen LogP contribution is -2.24. The summed E-state index contributed by atoms with van der Waals surface area (Å²) in [4.78, 5) is 32.5. The first-order valence-electron chi connectivity index (χ1n) is 5.39. The van der Waals surface area contributed by atoms with E-state index in [-0.39, 0.29) is 23.9 Å². The third-order valence-corrected chi connectivity index (χ3v) is 2.48. The number of hydrogen-bond donors (Lipinski definition) is 1. The maximum absolute atomic E-state index is 11.3. The second kappa shape index (κ2) is 8.11. The highest BCUT2D eigenvalue weighted by Crippen LogP contribution is 2.11. The van der Waals surface area contributed by atoms with Crippen LogP contribution in [-0.2, 0) is 19.1 Å². The zero-order chi connectivity index (χ0) is 13.3. The third kappa shape index (κ3) is 11.2. The minimum atomic E-state index is -0.513. The molecular formula is C11H19NO4S. The lowest BCUT2D eigenvalue weighted by molar-refractivity contribution is -0.155. The van der Waals surface area contributed by atoms with Crippen LogP contribution in [0.3, 0.4) is 0 Å². The van der Waals surface area contributed by atoms with Crippen LogP contribution in [-0.4, -0.2) is 35.4 Å². The van der Waals surface area contributed by atoms with Crippen LogP contribution >= 0.6 is 11.8 Å². The number of carbonyl (C=O) groups excluding carboxylic acids is 3. The molecule has 0 aliphatic rings.